The number of halogens is 3. The fraction of sp³-hybridized carbons (Fsp3) is 0.148. The molecule has 3 aromatic carbocycles. The summed E-state index contributed by atoms with van der Waals surface area (Å²) in [6.45, 7) is 1.58. The summed E-state index contributed by atoms with van der Waals surface area (Å²) in [5, 5.41) is 6.16. The lowest BCUT2D eigenvalue weighted by molar-refractivity contribution is -0.137. The molecular formula is C27H22F3N3O3. The Kier molecular flexibility index (Phi) is 6.91. The smallest absolute Gasteiger partial charge is 0.416 e. The third kappa shape index (κ3) is 5.63. The van der Waals surface area contributed by atoms with E-state index in [1.807, 2.05) is 25.1 Å². The molecule has 0 aliphatic rings. The number of hydrogen-bond acceptors (Lipinski definition) is 4. The van der Waals surface area contributed by atoms with Crippen LogP contribution in [0.5, 0.6) is 5.75 Å². The predicted molar refractivity (Wildman–Crippen MR) is 131 cm³/mol. The van der Waals surface area contributed by atoms with Gasteiger partial charge in [-0.25, -0.2) is 4.98 Å². The van der Waals surface area contributed by atoms with Crippen molar-refractivity contribution in [2.24, 2.45) is 0 Å². The average molecular weight is 493 g/mol. The molecule has 4 aromatic rings. The SMILES string of the molecule is CNC(=O)c1ccc(-c2cc(C)c3cc(NC(=O)COc4ccc(C(F)(F)F)cc4)ccc3n2)cc1. The molecule has 0 radical (unpaired) electrons. The van der Waals surface area contributed by atoms with Gasteiger partial charge in [-0.3, -0.25) is 9.59 Å². The molecule has 1 aromatic heterocycles. The van der Waals surface area contributed by atoms with Gasteiger partial charge >= 0.3 is 6.18 Å². The first-order chi connectivity index (χ1) is 17.1. The van der Waals surface area contributed by atoms with Crippen molar-refractivity contribution in [3.8, 4) is 17.0 Å². The summed E-state index contributed by atoms with van der Waals surface area (Å²) < 4.78 is 43.3. The number of nitrogens with zero attached hydrogens (tertiary/aromatic N) is 1. The van der Waals surface area contributed by atoms with E-state index in [2.05, 4.69) is 10.6 Å². The number of alkyl halides is 3. The lowest BCUT2D eigenvalue weighted by atomic mass is 10.0. The summed E-state index contributed by atoms with van der Waals surface area (Å²) in [4.78, 5) is 28.8. The second-order valence-electron chi connectivity index (χ2n) is 8.07. The van der Waals surface area contributed by atoms with Crippen molar-refractivity contribution >= 4 is 28.4 Å². The van der Waals surface area contributed by atoms with Gasteiger partial charge in [-0.15, -0.1) is 0 Å². The number of anilines is 1. The zero-order chi connectivity index (χ0) is 25.9. The topological polar surface area (TPSA) is 80.3 Å². The van der Waals surface area contributed by atoms with Crippen LogP contribution in [0.3, 0.4) is 0 Å². The standard InChI is InChI=1S/C27H22F3N3O3/c1-16-13-24(17-3-5-18(6-4-17)26(35)31-2)33-23-12-9-20(14-22(16)23)32-25(34)15-36-21-10-7-19(8-11-21)27(28,29)30/h3-14H,15H2,1-2H3,(H,31,35)(H,32,34). The number of benzene rings is 3. The minimum atomic E-state index is -4.43. The number of rotatable bonds is 6. The van der Waals surface area contributed by atoms with Gasteiger partial charge < -0.3 is 15.4 Å². The second kappa shape index (κ2) is 10.1. The number of pyridine rings is 1. The number of hydrogen-bond donors (Lipinski definition) is 2. The number of ether oxygens (including phenoxy) is 1. The van der Waals surface area contributed by atoms with E-state index >= 15 is 0 Å². The summed E-state index contributed by atoms with van der Waals surface area (Å²) in [6, 6.07) is 18.5. The first-order valence-electron chi connectivity index (χ1n) is 11.0. The highest BCUT2D eigenvalue weighted by atomic mass is 19.4. The van der Waals surface area contributed by atoms with Crippen molar-refractivity contribution < 1.29 is 27.5 Å². The van der Waals surface area contributed by atoms with Gasteiger partial charge in [-0.1, -0.05) is 12.1 Å². The fourth-order valence-corrected chi connectivity index (χ4v) is 3.64. The predicted octanol–water partition coefficient (Wildman–Crippen LogP) is 5.61. The zero-order valence-electron chi connectivity index (χ0n) is 19.4. The average Bonchev–Trinajstić information content (AvgIpc) is 2.87. The van der Waals surface area contributed by atoms with E-state index in [-0.39, 0.29) is 18.3 Å². The highest BCUT2D eigenvalue weighted by molar-refractivity contribution is 5.96. The van der Waals surface area contributed by atoms with Gasteiger partial charge in [-0.2, -0.15) is 13.2 Å². The van der Waals surface area contributed by atoms with Gasteiger partial charge in [0.15, 0.2) is 6.61 Å². The highest BCUT2D eigenvalue weighted by Crippen LogP contribution is 2.30. The van der Waals surface area contributed by atoms with Crippen LogP contribution in [-0.2, 0) is 11.0 Å². The highest BCUT2D eigenvalue weighted by Gasteiger charge is 2.30. The van der Waals surface area contributed by atoms with Gasteiger partial charge in [0.1, 0.15) is 5.75 Å². The molecular weight excluding hydrogens is 471 g/mol. The Morgan fingerprint density at radius 2 is 1.64 bits per heavy atom. The van der Waals surface area contributed by atoms with Crippen LogP contribution >= 0.6 is 0 Å². The molecule has 0 spiro atoms. The molecule has 0 saturated heterocycles. The molecule has 0 atom stereocenters. The maximum absolute atomic E-state index is 12.7. The Morgan fingerprint density at radius 1 is 0.944 bits per heavy atom. The lowest BCUT2D eigenvalue weighted by Gasteiger charge is -2.11. The van der Waals surface area contributed by atoms with Crippen molar-refractivity contribution in [3.05, 3.63) is 89.5 Å². The minimum Gasteiger partial charge on any atom is -0.484 e. The molecule has 0 aliphatic carbocycles. The molecule has 0 aliphatic heterocycles. The number of carbonyl (C=O) groups is 2. The van der Waals surface area contributed by atoms with Crippen molar-refractivity contribution in [1.29, 1.82) is 0 Å². The van der Waals surface area contributed by atoms with Gasteiger partial charge in [0.2, 0.25) is 0 Å². The van der Waals surface area contributed by atoms with E-state index < -0.39 is 17.6 Å². The van der Waals surface area contributed by atoms with E-state index in [1.165, 1.54) is 12.1 Å². The summed E-state index contributed by atoms with van der Waals surface area (Å²) in [6.07, 6.45) is -4.43. The van der Waals surface area contributed by atoms with Crippen molar-refractivity contribution in [2.75, 3.05) is 19.0 Å². The van der Waals surface area contributed by atoms with Crippen LogP contribution in [-0.4, -0.2) is 30.5 Å². The van der Waals surface area contributed by atoms with Crippen LogP contribution in [0.1, 0.15) is 21.5 Å². The van der Waals surface area contributed by atoms with E-state index in [0.29, 0.717) is 11.3 Å². The molecule has 2 amide bonds. The monoisotopic (exact) mass is 493 g/mol. The largest absolute Gasteiger partial charge is 0.484 e. The van der Waals surface area contributed by atoms with Crippen LogP contribution in [0.2, 0.25) is 0 Å². The summed E-state index contributed by atoms with van der Waals surface area (Å²) in [7, 11) is 1.58. The molecule has 4 rings (SSSR count). The van der Waals surface area contributed by atoms with Gasteiger partial charge in [-0.05, 0) is 73.2 Å². The first-order valence-corrected chi connectivity index (χ1v) is 11.0. The molecule has 2 N–H and O–H groups in total. The third-order valence-electron chi connectivity index (χ3n) is 5.52. The molecule has 0 unspecified atom stereocenters. The van der Waals surface area contributed by atoms with Crippen LogP contribution < -0.4 is 15.4 Å². The zero-order valence-corrected chi connectivity index (χ0v) is 19.4. The van der Waals surface area contributed by atoms with Crippen molar-refractivity contribution in [1.82, 2.24) is 10.3 Å². The Morgan fingerprint density at radius 3 is 2.28 bits per heavy atom. The quantitative estimate of drug-likeness (QED) is 0.366. The number of nitrogens with one attached hydrogen (secondary N) is 2. The normalized spacial score (nSPS) is 11.2. The third-order valence-corrected chi connectivity index (χ3v) is 5.52. The summed E-state index contributed by atoms with van der Waals surface area (Å²) >= 11 is 0. The number of aryl methyl sites for hydroxylation is 1. The van der Waals surface area contributed by atoms with E-state index in [9.17, 15) is 22.8 Å². The molecule has 0 fully saturated rings. The second-order valence-corrected chi connectivity index (χ2v) is 8.07. The van der Waals surface area contributed by atoms with Crippen LogP contribution in [0.15, 0.2) is 72.8 Å². The van der Waals surface area contributed by atoms with Crippen LogP contribution in [0.25, 0.3) is 22.2 Å². The van der Waals surface area contributed by atoms with Gasteiger partial charge in [0, 0.05) is 29.2 Å². The Balaban J connectivity index is 1.44. The minimum absolute atomic E-state index is 0.160. The van der Waals surface area contributed by atoms with Crippen molar-refractivity contribution in [2.45, 2.75) is 13.1 Å². The van der Waals surface area contributed by atoms with Gasteiger partial charge in [0.25, 0.3) is 11.8 Å². The Hall–Kier alpha value is -4.40. The van der Waals surface area contributed by atoms with E-state index in [0.717, 1.165) is 39.9 Å². The molecule has 36 heavy (non-hydrogen) atoms. The number of aromatic nitrogens is 1. The molecule has 9 heteroatoms. The molecule has 0 saturated carbocycles. The maximum atomic E-state index is 12.7. The van der Waals surface area contributed by atoms with Crippen LogP contribution in [0, 0.1) is 6.92 Å². The van der Waals surface area contributed by atoms with E-state index in [1.54, 1.807) is 37.4 Å². The maximum Gasteiger partial charge on any atom is 0.416 e. The molecule has 1 heterocycles. The first kappa shape index (κ1) is 24.7. The van der Waals surface area contributed by atoms with Crippen LogP contribution in [0.4, 0.5) is 18.9 Å². The Bertz CT molecular complexity index is 1420. The number of fused-ring (bicyclic) bond motifs is 1. The summed E-state index contributed by atoms with van der Waals surface area (Å²) in [5.74, 6) is -0.455. The van der Waals surface area contributed by atoms with Crippen molar-refractivity contribution in [3.63, 3.8) is 0 Å². The van der Waals surface area contributed by atoms with Gasteiger partial charge in [0.05, 0.1) is 16.8 Å². The fourth-order valence-electron chi connectivity index (χ4n) is 3.64. The lowest BCUT2D eigenvalue weighted by Crippen LogP contribution is -2.20. The molecule has 0 bridgehead atoms. The molecule has 6 nitrogen and oxygen atoms in total. The van der Waals surface area contributed by atoms with E-state index in [4.69, 9.17) is 9.72 Å². The molecule has 184 valence electrons. The Labute approximate surface area is 205 Å². The summed E-state index contributed by atoms with van der Waals surface area (Å²) in [5.41, 5.74) is 3.61. The number of amides is 2. The number of carbonyl (C=O) groups excluding carboxylic acids is 2.